The summed E-state index contributed by atoms with van der Waals surface area (Å²) in [4.78, 5) is 16.5. The van der Waals surface area contributed by atoms with Gasteiger partial charge in [-0.05, 0) is 70.9 Å². The molecule has 0 saturated carbocycles. The molecule has 1 saturated heterocycles. The van der Waals surface area contributed by atoms with Crippen LogP contribution in [0, 0.1) is 0 Å². The predicted octanol–water partition coefficient (Wildman–Crippen LogP) is 4.21. The standard InChI is InChI=1S/C24H32N6O/c1-23(2)15-18(16-24(3,4)30-23)28-22-27-11-9-20(29-22)17-5-7-19(8-6-17)31-14-10-21-25-12-13-26-21/h5-9,11-13,18,30H,10,14-16H2,1-4H3,(H,25,26)(H,27,28,29). The lowest BCUT2D eigenvalue weighted by Crippen LogP contribution is -2.60. The van der Waals surface area contributed by atoms with Crippen LogP contribution < -0.4 is 15.4 Å². The average molecular weight is 421 g/mol. The molecule has 0 aliphatic carbocycles. The normalized spacial score (nSPS) is 17.9. The Labute approximate surface area is 184 Å². The van der Waals surface area contributed by atoms with Gasteiger partial charge < -0.3 is 20.4 Å². The van der Waals surface area contributed by atoms with E-state index in [2.05, 4.69) is 53.3 Å². The maximum absolute atomic E-state index is 5.82. The second-order valence-corrected chi connectivity index (χ2v) is 9.57. The number of ether oxygens (including phenoxy) is 1. The Hall–Kier alpha value is -2.93. The smallest absolute Gasteiger partial charge is 0.223 e. The van der Waals surface area contributed by atoms with Crippen molar-refractivity contribution in [3.8, 4) is 17.0 Å². The fraction of sp³-hybridized carbons (Fsp3) is 0.458. The van der Waals surface area contributed by atoms with E-state index in [0.29, 0.717) is 18.6 Å². The number of nitrogens with zero attached hydrogens (tertiary/aromatic N) is 3. The summed E-state index contributed by atoms with van der Waals surface area (Å²) in [5.41, 5.74) is 2.08. The number of hydrogen-bond donors (Lipinski definition) is 3. The summed E-state index contributed by atoms with van der Waals surface area (Å²) in [5, 5.41) is 7.27. The van der Waals surface area contributed by atoms with Gasteiger partial charge in [-0.1, -0.05) is 0 Å². The monoisotopic (exact) mass is 420 g/mol. The molecule has 3 heterocycles. The first-order chi connectivity index (χ1) is 14.8. The Morgan fingerprint density at radius 2 is 1.74 bits per heavy atom. The van der Waals surface area contributed by atoms with Crippen LogP contribution in [0.2, 0.25) is 0 Å². The summed E-state index contributed by atoms with van der Waals surface area (Å²) in [5.74, 6) is 2.44. The van der Waals surface area contributed by atoms with E-state index in [0.717, 1.165) is 42.1 Å². The van der Waals surface area contributed by atoms with Crippen LogP contribution >= 0.6 is 0 Å². The van der Waals surface area contributed by atoms with Gasteiger partial charge in [-0.15, -0.1) is 0 Å². The molecule has 2 aromatic heterocycles. The lowest BCUT2D eigenvalue weighted by atomic mass is 9.80. The van der Waals surface area contributed by atoms with Crippen molar-refractivity contribution in [1.82, 2.24) is 25.3 Å². The number of piperidine rings is 1. The first-order valence-corrected chi connectivity index (χ1v) is 10.9. The number of rotatable bonds is 7. The molecular formula is C24H32N6O. The minimum Gasteiger partial charge on any atom is -0.493 e. The minimum atomic E-state index is 0.0732. The average Bonchev–Trinajstić information content (AvgIpc) is 3.20. The summed E-state index contributed by atoms with van der Waals surface area (Å²) in [6.45, 7) is 9.57. The van der Waals surface area contributed by atoms with Gasteiger partial charge in [0.1, 0.15) is 11.6 Å². The van der Waals surface area contributed by atoms with Crippen LogP contribution in [0.1, 0.15) is 46.4 Å². The van der Waals surface area contributed by atoms with Crippen LogP contribution in [0.4, 0.5) is 5.95 Å². The number of aromatic amines is 1. The third kappa shape index (κ3) is 5.82. The number of benzene rings is 1. The summed E-state index contributed by atoms with van der Waals surface area (Å²) < 4.78 is 5.82. The van der Waals surface area contributed by atoms with Gasteiger partial charge in [-0.2, -0.15) is 0 Å². The van der Waals surface area contributed by atoms with Crippen molar-refractivity contribution in [2.45, 2.75) is 64.1 Å². The zero-order chi connectivity index (χ0) is 21.9. The number of hydrogen-bond acceptors (Lipinski definition) is 6. The van der Waals surface area contributed by atoms with Gasteiger partial charge >= 0.3 is 0 Å². The van der Waals surface area contributed by atoms with Crippen LogP contribution in [-0.2, 0) is 6.42 Å². The van der Waals surface area contributed by atoms with E-state index < -0.39 is 0 Å². The van der Waals surface area contributed by atoms with Crippen LogP contribution in [0.25, 0.3) is 11.3 Å². The Balaban J connectivity index is 1.38. The molecular weight excluding hydrogens is 388 g/mol. The molecule has 0 radical (unpaired) electrons. The number of anilines is 1. The largest absolute Gasteiger partial charge is 0.493 e. The molecule has 4 rings (SSSR count). The van der Waals surface area contributed by atoms with Gasteiger partial charge in [0, 0.05) is 47.7 Å². The molecule has 0 spiro atoms. The van der Waals surface area contributed by atoms with Crippen LogP contribution in [0.15, 0.2) is 48.9 Å². The van der Waals surface area contributed by atoms with Gasteiger partial charge in [-0.25, -0.2) is 15.0 Å². The molecule has 1 aromatic carbocycles. The molecule has 0 amide bonds. The third-order valence-electron chi connectivity index (χ3n) is 5.49. The summed E-state index contributed by atoms with van der Waals surface area (Å²) in [6.07, 6.45) is 8.18. The second-order valence-electron chi connectivity index (χ2n) is 9.57. The Morgan fingerprint density at radius 1 is 1.00 bits per heavy atom. The third-order valence-corrected chi connectivity index (χ3v) is 5.49. The van der Waals surface area contributed by atoms with E-state index in [4.69, 9.17) is 9.72 Å². The highest BCUT2D eigenvalue weighted by molar-refractivity contribution is 5.61. The number of H-pyrrole nitrogens is 1. The topological polar surface area (TPSA) is 87.8 Å². The first-order valence-electron chi connectivity index (χ1n) is 10.9. The minimum absolute atomic E-state index is 0.0732. The van der Waals surface area contributed by atoms with Crippen LogP contribution in [-0.4, -0.2) is 43.7 Å². The zero-order valence-electron chi connectivity index (χ0n) is 18.8. The van der Waals surface area contributed by atoms with E-state index in [9.17, 15) is 0 Å². The fourth-order valence-electron chi connectivity index (χ4n) is 4.62. The highest BCUT2D eigenvalue weighted by Gasteiger charge is 2.37. The van der Waals surface area contributed by atoms with Gasteiger partial charge in [0.05, 0.1) is 12.3 Å². The lowest BCUT2D eigenvalue weighted by molar-refractivity contribution is 0.170. The summed E-state index contributed by atoms with van der Waals surface area (Å²) >= 11 is 0. The number of nitrogens with one attached hydrogen (secondary N) is 3. The molecule has 1 aliphatic rings. The number of aromatic nitrogens is 4. The second kappa shape index (κ2) is 8.67. The van der Waals surface area contributed by atoms with Crippen molar-refractivity contribution in [2.24, 2.45) is 0 Å². The highest BCUT2D eigenvalue weighted by Crippen LogP contribution is 2.30. The van der Waals surface area contributed by atoms with Crippen molar-refractivity contribution in [3.63, 3.8) is 0 Å². The van der Waals surface area contributed by atoms with Crippen molar-refractivity contribution in [1.29, 1.82) is 0 Å². The van der Waals surface area contributed by atoms with Crippen molar-refractivity contribution in [3.05, 3.63) is 54.7 Å². The summed E-state index contributed by atoms with van der Waals surface area (Å²) in [6, 6.07) is 10.3. The summed E-state index contributed by atoms with van der Waals surface area (Å²) in [7, 11) is 0. The Kier molecular flexibility index (Phi) is 5.96. The molecule has 0 atom stereocenters. The van der Waals surface area contributed by atoms with Crippen LogP contribution in [0.5, 0.6) is 5.75 Å². The maximum Gasteiger partial charge on any atom is 0.223 e. The molecule has 0 bridgehead atoms. The Bertz CT molecular complexity index is 966. The fourth-order valence-corrected chi connectivity index (χ4v) is 4.62. The number of imidazole rings is 1. The van der Waals surface area contributed by atoms with E-state index in [1.807, 2.05) is 42.7 Å². The van der Waals surface area contributed by atoms with E-state index >= 15 is 0 Å². The van der Waals surface area contributed by atoms with Gasteiger partial charge in [0.25, 0.3) is 0 Å². The van der Waals surface area contributed by atoms with E-state index in [-0.39, 0.29) is 11.1 Å². The molecule has 1 aliphatic heterocycles. The molecule has 0 unspecified atom stereocenters. The van der Waals surface area contributed by atoms with Crippen molar-refractivity contribution >= 4 is 5.95 Å². The molecule has 3 N–H and O–H groups in total. The molecule has 1 fully saturated rings. The van der Waals surface area contributed by atoms with E-state index in [1.54, 1.807) is 6.20 Å². The quantitative estimate of drug-likeness (QED) is 0.531. The highest BCUT2D eigenvalue weighted by atomic mass is 16.5. The molecule has 31 heavy (non-hydrogen) atoms. The molecule has 7 nitrogen and oxygen atoms in total. The molecule has 7 heteroatoms. The maximum atomic E-state index is 5.82. The van der Waals surface area contributed by atoms with Crippen molar-refractivity contribution in [2.75, 3.05) is 11.9 Å². The molecule has 164 valence electrons. The van der Waals surface area contributed by atoms with Crippen LogP contribution in [0.3, 0.4) is 0 Å². The lowest BCUT2D eigenvalue weighted by Gasteiger charge is -2.46. The predicted molar refractivity (Wildman–Crippen MR) is 123 cm³/mol. The zero-order valence-corrected chi connectivity index (χ0v) is 18.8. The van der Waals surface area contributed by atoms with E-state index in [1.165, 1.54) is 0 Å². The SMILES string of the molecule is CC1(C)CC(Nc2nccc(-c3ccc(OCCc4ncc[nH]4)cc3)n2)CC(C)(C)N1. The van der Waals surface area contributed by atoms with Gasteiger partial charge in [0.15, 0.2) is 0 Å². The van der Waals surface area contributed by atoms with Gasteiger partial charge in [0.2, 0.25) is 5.95 Å². The molecule has 3 aromatic rings. The first kappa shape index (κ1) is 21.3. The van der Waals surface area contributed by atoms with Crippen molar-refractivity contribution < 1.29 is 4.74 Å². The Morgan fingerprint density at radius 3 is 2.42 bits per heavy atom. The van der Waals surface area contributed by atoms with Gasteiger partial charge in [-0.3, -0.25) is 0 Å².